The third kappa shape index (κ3) is 4.89. The minimum Gasteiger partial charge on any atom is -0.372 e. The van der Waals surface area contributed by atoms with Gasteiger partial charge in [0.15, 0.2) is 5.96 Å². The van der Waals surface area contributed by atoms with E-state index in [0.717, 1.165) is 30.3 Å². The summed E-state index contributed by atoms with van der Waals surface area (Å²) in [7, 11) is 1.85. The van der Waals surface area contributed by atoms with Crippen molar-refractivity contribution >= 4 is 41.5 Å². The summed E-state index contributed by atoms with van der Waals surface area (Å²) in [6, 6.07) is 6.39. The van der Waals surface area contributed by atoms with Gasteiger partial charge in [-0.15, -0.1) is 24.0 Å². The molecule has 1 fully saturated rings. The molecule has 0 radical (unpaired) electrons. The summed E-state index contributed by atoms with van der Waals surface area (Å²) in [4.78, 5) is 21.3. The SMILES string of the molecule is CCNC(=NCc1ccc2c(c1)COC2)N1CCN(c2cnn(C)c2)C(=O)C1.I. The molecule has 0 bridgehead atoms. The highest BCUT2D eigenvalue weighted by Gasteiger charge is 2.27. The number of aliphatic imine (C=N–C) groups is 1. The molecule has 2 aliphatic heterocycles. The van der Waals surface area contributed by atoms with Gasteiger partial charge in [-0.25, -0.2) is 4.99 Å². The lowest BCUT2D eigenvalue weighted by Gasteiger charge is -2.35. The first kappa shape index (κ1) is 21.6. The number of piperazine rings is 1. The van der Waals surface area contributed by atoms with Crippen molar-refractivity contribution in [2.24, 2.45) is 12.0 Å². The summed E-state index contributed by atoms with van der Waals surface area (Å²) in [5, 5.41) is 7.48. The predicted molar refractivity (Wildman–Crippen MR) is 122 cm³/mol. The Bertz CT molecular complexity index is 897. The first-order valence-corrected chi connectivity index (χ1v) is 9.64. The summed E-state index contributed by atoms with van der Waals surface area (Å²) < 4.78 is 7.20. The van der Waals surface area contributed by atoms with Crippen LogP contribution in [0.4, 0.5) is 5.69 Å². The molecule has 29 heavy (non-hydrogen) atoms. The van der Waals surface area contributed by atoms with E-state index in [-0.39, 0.29) is 29.9 Å². The number of guanidine groups is 1. The van der Waals surface area contributed by atoms with E-state index in [1.54, 1.807) is 15.8 Å². The number of aromatic nitrogens is 2. The van der Waals surface area contributed by atoms with E-state index in [9.17, 15) is 4.79 Å². The highest BCUT2D eigenvalue weighted by molar-refractivity contribution is 14.0. The zero-order chi connectivity index (χ0) is 19.5. The molecule has 0 spiro atoms. The first-order chi connectivity index (χ1) is 13.6. The van der Waals surface area contributed by atoms with Gasteiger partial charge in [0.05, 0.1) is 31.6 Å². The average Bonchev–Trinajstić information content (AvgIpc) is 3.33. The topological polar surface area (TPSA) is 75.0 Å². The van der Waals surface area contributed by atoms with Crippen molar-refractivity contribution in [3.05, 3.63) is 47.3 Å². The molecule has 8 nitrogen and oxygen atoms in total. The lowest BCUT2D eigenvalue weighted by molar-refractivity contribution is -0.120. The number of amides is 1. The highest BCUT2D eigenvalue weighted by Crippen LogP contribution is 2.21. The minimum absolute atomic E-state index is 0. The number of carbonyl (C=O) groups excluding carboxylic acids is 1. The fourth-order valence-electron chi connectivity index (χ4n) is 3.59. The smallest absolute Gasteiger partial charge is 0.246 e. The molecular formula is C20H27IN6O2. The van der Waals surface area contributed by atoms with Gasteiger partial charge in [0.1, 0.15) is 6.54 Å². The zero-order valence-electron chi connectivity index (χ0n) is 16.8. The van der Waals surface area contributed by atoms with Crippen LogP contribution in [0.15, 0.2) is 35.6 Å². The number of benzene rings is 1. The second-order valence-electron chi connectivity index (χ2n) is 7.11. The number of carbonyl (C=O) groups is 1. The number of fused-ring (bicyclic) bond motifs is 1. The van der Waals surface area contributed by atoms with Crippen LogP contribution >= 0.6 is 24.0 Å². The van der Waals surface area contributed by atoms with Crippen LogP contribution in [0.1, 0.15) is 23.6 Å². The zero-order valence-corrected chi connectivity index (χ0v) is 19.1. The third-order valence-corrected chi connectivity index (χ3v) is 5.06. The van der Waals surface area contributed by atoms with Crippen molar-refractivity contribution in [1.29, 1.82) is 0 Å². The number of hydrogen-bond donors (Lipinski definition) is 1. The third-order valence-electron chi connectivity index (χ3n) is 5.06. The van der Waals surface area contributed by atoms with Gasteiger partial charge >= 0.3 is 0 Å². The molecule has 0 aliphatic carbocycles. The maximum Gasteiger partial charge on any atom is 0.246 e. The van der Waals surface area contributed by atoms with Crippen LogP contribution in [0.2, 0.25) is 0 Å². The second kappa shape index (κ2) is 9.57. The summed E-state index contributed by atoms with van der Waals surface area (Å²) in [5.41, 5.74) is 4.50. The molecule has 3 heterocycles. The first-order valence-electron chi connectivity index (χ1n) is 9.64. The van der Waals surface area contributed by atoms with E-state index in [1.165, 1.54) is 11.1 Å². The fourth-order valence-corrected chi connectivity index (χ4v) is 3.59. The monoisotopic (exact) mass is 510 g/mol. The van der Waals surface area contributed by atoms with Gasteiger partial charge in [0.25, 0.3) is 0 Å². The lowest BCUT2D eigenvalue weighted by Crippen LogP contribution is -2.55. The lowest BCUT2D eigenvalue weighted by atomic mass is 10.1. The van der Waals surface area contributed by atoms with E-state index in [1.807, 2.05) is 25.1 Å². The Labute approximate surface area is 187 Å². The van der Waals surface area contributed by atoms with Gasteiger partial charge < -0.3 is 19.9 Å². The summed E-state index contributed by atoms with van der Waals surface area (Å²) >= 11 is 0. The number of ether oxygens (including phenoxy) is 1. The molecule has 1 aromatic carbocycles. The van der Waals surface area contributed by atoms with Crippen LogP contribution in [-0.4, -0.2) is 52.7 Å². The highest BCUT2D eigenvalue weighted by atomic mass is 127. The molecule has 1 aromatic heterocycles. The summed E-state index contributed by atoms with van der Waals surface area (Å²) in [6.07, 6.45) is 3.59. The Balaban J connectivity index is 0.00000240. The molecule has 2 aromatic rings. The Kier molecular flexibility index (Phi) is 7.12. The van der Waals surface area contributed by atoms with Crippen molar-refractivity contribution in [3.8, 4) is 0 Å². The van der Waals surface area contributed by atoms with Gasteiger partial charge in [-0.05, 0) is 23.6 Å². The Morgan fingerprint density at radius 1 is 1.28 bits per heavy atom. The number of hydrogen-bond acceptors (Lipinski definition) is 4. The molecule has 0 atom stereocenters. The molecule has 9 heteroatoms. The van der Waals surface area contributed by atoms with Gasteiger partial charge in [-0.2, -0.15) is 5.10 Å². The fraction of sp³-hybridized carbons (Fsp3) is 0.450. The molecule has 0 saturated carbocycles. The molecule has 0 unspecified atom stereocenters. The van der Waals surface area contributed by atoms with Crippen molar-refractivity contribution in [2.45, 2.75) is 26.7 Å². The number of nitrogens with zero attached hydrogens (tertiary/aromatic N) is 5. The number of nitrogens with one attached hydrogen (secondary N) is 1. The van der Waals surface area contributed by atoms with Crippen molar-refractivity contribution in [3.63, 3.8) is 0 Å². The van der Waals surface area contributed by atoms with Crippen molar-refractivity contribution in [1.82, 2.24) is 20.0 Å². The molecule has 1 N–H and O–H groups in total. The standard InChI is InChI=1S/C20H26N6O2.HI/c1-3-21-20(22-9-15-4-5-16-13-28-14-17(16)8-15)25-6-7-26(19(27)12-25)18-10-23-24(2)11-18;/h4-5,8,10-11H,3,6-7,9,12-14H2,1-2H3,(H,21,22);1H. The molecule has 1 amide bonds. The summed E-state index contributed by atoms with van der Waals surface area (Å²) in [6.45, 7) is 6.40. The van der Waals surface area contributed by atoms with Gasteiger partial charge in [0, 0.05) is 32.9 Å². The van der Waals surface area contributed by atoms with Crippen molar-refractivity contribution in [2.75, 3.05) is 31.1 Å². The number of anilines is 1. The summed E-state index contributed by atoms with van der Waals surface area (Å²) in [5.74, 6) is 0.831. The molecule has 4 rings (SSSR count). The Morgan fingerprint density at radius 3 is 2.83 bits per heavy atom. The average molecular weight is 510 g/mol. The van der Waals surface area contributed by atoms with Crippen LogP contribution in [0.3, 0.4) is 0 Å². The van der Waals surface area contributed by atoms with Crippen molar-refractivity contribution < 1.29 is 9.53 Å². The largest absolute Gasteiger partial charge is 0.372 e. The van der Waals surface area contributed by atoms with Crippen LogP contribution in [0.5, 0.6) is 0 Å². The van der Waals surface area contributed by atoms with E-state index in [2.05, 4.69) is 28.6 Å². The van der Waals surface area contributed by atoms with Crippen LogP contribution in [-0.2, 0) is 36.3 Å². The normalized spacial score (nSPS) is 16.6. The molecular weight excluding hydrogens is 483 g/mol. The number of aryl methyl sites for hydroxylation is 1. The predicted octanol–water partition coefficient (Wildman–Crippen LogP) is 1.88. The van der Waals surface area contributed by atoms with Gasteiger partial charge in [0.2, 0.25) is 5.91 Å². The number of halogens is 1. The van der Waals surface area contributed by atoms with Crippen LogP contribution < -0.4 is 10.2 Å². The quantitative estimate of drug-likeness (QED) is 0.387. The van der Waals surface area contributed by atoms with E-state index < -0.39 is 0 Å². The maximum atomic E-state index is 12.7. The Hall–Kier alpha value is -2.14. The molecule has 1 saturated heterocycles. The second-order valence-corrected chi connectivity index (χ2v) is 7.11. The van der Waals surface area contributed by atoms with Crippen LogP contribution in [0.25, 0.3) is 0 Å². The number of rotatable bonds is 4. The molecule has 156 valence electrons. The van der Waals surface area contributed by atoms with Gasteiger partial charge in [-0.1, -0.05) is 18.2 Å². The van der Waals surface area contributed by atoms with E-state index in [4.69, 9.17) is 9.73 Å². The molecule has 2 aliphatic rings. The Morgan fingerprint density at radius 2 is 2.10 bits per heavy atom. The minimum atomic E-state index is 0. The van der Waals surface area contributed by atoms with Gasteiger partial charge in [-0.3, -0.25) is 9.48 Å². The van der Waals surface area contributed by atoms with Crippen LogP contribution in [0, 0.1) is 0 Å². The maximum absolute atomic E-state index is 12.7. The van der Waals surface area contributed by atoms with E-state index in [0.29, 0.717) is 32.8 Å². The van der Waals surface area contributed by atoms with E-state index >= 15 is 0 Å².